The number of hydrogen-bond donors (Lipinski definition) is 1. The summed E-state index contributed by atoms with van der Waals surface area (Å²) >= 11 is 0. The predicted octanol–water partition coefficient (Wildman–Crippen LogP) is 3.17. The number of benzene rings is 2. The van der Waals surface area contributed by atoms with Crippen molar-refractivity contribution in [1.29, 1.82) is 0 Å². The van der Waals surface area contributed by atoms with Crippen LogP contribution in [0, 0.1) is 5.92 Å². The third-order valence-corrected chi connectivity index (χ3v) is 7.40. The highest BCUT2D eigenvalue weighted by Crippen LogP contribution is 2.28. The number of aromatic nitrogens is 5. The van der Waals surface area contributed by atoms with Gasteiger partial charge in [-0.2, -0.15) is 5.10 Å². The average molecular weight is 486 g/mol. The Morgan fingerprint density at radius 3 is 2.61 bits per heavy atom. The van der Waals surface area contributed by atoms with Crippen molar-refractivity contribution < 1.29 is 9.53 Å². The van der Waals surface area contributed by atoms with E-state index in [0.717, 1.165) is 34.6 Å². The van der Waals surface area contributed by atoms with Crippen LogP contribution in [0.25, 0.3) is 28.0 Å². The number of nitrogens with one attached hydrogen (secondary N) is 1. The molecule has 9 heteroatoms. The molecule has 2 aromatic carbocycles. The standard InChI is InChI=1S/C27H31N7O2/c1-32-10-8-19(9-11-32)16-20-2-7-24-23(17-20)26(30-28-24)25-18-34(31-29-25)22-5-3-21(4-6-22)27(35)33-12-14-36-15-13-33/h2-7,17-19H,8-16H2,1H3,(H,28,30). The van der Waals surface area contributed by atoms with Gasteiger partial charge in [0.15, 0.2) is 0 Å². The third kappa shape index (κ3) is 4.64. The van der Waals surface area contributed by atoms with Crippen LogP contribution in [0.3, 0.4) is 0 Å². The molecular formula is C27H31N7O2. The molecule has 2 aliphatic rings. The summed E-state index contributed by atoms with van der Waals surface area (Å²) in [5.74, 6) is 0.760. The summed E-state index contributed by atoms with van der Waals surface area (Å²) in [6, 6.07) is 14.0. The van der Waals surface area contributed by atoms with Gasteiger partial charge in [0.1, 0.15) is 11.4 Å². The van der Waals surface area contributed by atoms with Crippen LogP contribution < -0.4 is 0 Å². The van der Waals surface area contributed by atoms with Crippen LogP contribution in [0.2, 0.25) is 0 Å². The minimum absolute atomic E-state index is 0.0307. The van der Waals surface area contributed by atoms with Crippen molar-refractivity contribution in [3.63, 3.8) is 0 Å². The number of hydrogen-bond acceptors (Lipinski definition) is 6. The fraction of sp³-hybridized carbons (Fsp3) is 0.407. The number of likely N-dealkylation sites (tertiary alicyclic amines) is 1. The van der Waals surface area contributed by atoms with Crippen LogP contribution in [0.5, 0.6) is 0 Å². The molecule has 0 spiro atoms. The van der Waals surface area contributed by atoms with Gasteiger partial charge in [-0.3, -0.25) is 9.89 Å². The van der Waals surface area contributed by atoms with Crippen LogP contribution in [-0.2, 0) is 11.2 Å². The molecule has 0 saturated carbocycles. The van der Waals surface area contributed by atoms with Gasteiger partial charge >= 0.3 is 0 Å². The number of aromatic amines is 1. The minimum Gasteiger partial charge on any atom is -0.378 e. The highest BCUT2D eigenvalue weighted by atomic mass is 16.5. The molecule has 4 aromatic rings. The van der Waals surface area contributed by atoms with Crippen LogP contribution in [0.1, 0.15) is 28.8 Å². The van der Waals surface area contributed by atoms with Crippen molar-refractivity contribution >= 4 is 16.8 Å². The lowest BCUT2D eigenvalue weighted by Crippen LogP contribution is -2.40. The lowest BCUT2D eigenvalue weighted by molar-refractivity contribution is 0.0303. The average Bonchev–Trinajstić information content (AvgIpc) is 3.57. The topological polar surface area (TPSA) is 92.2 Å². The van der Waals surface area contributed by atoms with E-state index in [-0.39, 0.29) is 5.91 Å². The largest absolute Gasteiger partial charge is 0.378 e. The van der Waals surface area contributed by atoms with Gasteiger partial charge < -0.3 is 14.5 Å². The summed E-state index contributed by atoms with van der Waals surface area (Å²) in [5.41, 5.74) is 5.36. The predicted molar refractivity (Wildman–Crippen MR) is 137 cm³/mol. The molecule has 4 heterocycles. The Labute approximate surface area is 210 Å². The maximum Gasteiger partial charge on any atom is 0.254 e. The smallest absolute Gasteiger partial charge is 0.254 e. The number of carbonyl (C=O) groups is 1. The number of rotatable bonds is 5. The van der Waals surface area contributed by atoms with Gasteiger partial charge in [0.25, 0.3) is 5.91 Å². The molecule has 2 saturated heterocycles. The van der Waals surface area contributed by atoms with Crippen LogP contribution in [0.4, 0.5) is 0 Å². The number of fused-ring (bicyclic) bond motifs is 1. The molecule has 0 unspecified atom stereocenters. The molecule has 1 amide bonds. The lowest BCUT2D eigenvalue weighted by Gasteiger charge is -2.28. The fourth-order valence-corrected chi connectivity index (χ4v) is 5.19. The summed E-state index contributed by atoms with van der Waals surface area (Å²) in [5, 5.41) is 17.5. The molecule has 1 N–H and O–H groups in total. The first-order valence-electron chi connectivity index (χ1n) is 12.7. The van der Waals surface area contributed by atoms with Crippen molar-refractivity contribution in [1.82, 2.24) is 35.0 Å². The Hall–Kier alpha value is -3.56. The molecule has 0 aliphatic carbocycles. The molecule has 0 bridgehead atoms. The zero-order chi connectivity index (χ0) is 24.5. The van der Waals surface area contributed by atoms with Crippen LogP contribution >= 0.6 is 0 Å². The van der Waals surface area contributed by atoms with E-state index in [9.17, 15) is 4.79 Å². The minimum atomic E-state index is 0.0307. The Morgan fingerprint density at radius 1 is 1.06 bits per heavy atom. The second-order valence-electron chi connectivity index (χ2n) is 9.90. The Morgan fingerprint density at radius 2 is 1.83 bits per heavy atom. The Kier molecular flexibility index (Phi) is 6.25. The third-order valence-electron chi connectivity index (χ3n) is 7.40. The maximum absolute atomic E-state index is 12.7. The van der Waals surface area contributed by atoms with E-state index in [0.29, 0.717) is 37.6 Å². The van der Waals surface area contributed by atoms with Crippen molar-refractivity contribution in [2.24, 2.45) is 5.92 Å². The number of H-pyrrole nitrogens is 1. The highest BCUT2D eigenvalue weighted by molar-refractivity contribution is 5.94. The number of ether oxygens (including phenoxy) is 1. The number of morpholine rings is 1. The molecule has 0 radical (unpaired) electrons. The van der Waals surface area contributed by atoms with E-state index in [2.05, 4.69) is 50.7 Å². The van der Waals surface area contributed by atoms with Crippen molar-refractivity contribution in [2.45, 2.75) is 19.3 Å². The SMILES string of the molecule is CN1CCC(Cc2ccc3[nH]nc(-c4cn(-c5ccc(C(=O)N6CCOCC6)cc5)nn4)c3c2)CC1. The number of carbonyl (C=O) groups excluding carboxylic acids is 1. The van der Waals surface area contributed by atoms with Gasteiger partial charge in [-0.05, 0) is 87.3 Å². The van der Waals surface area contributed by atoms with E-state index in [4.69, 9.17) is 4.74 Å². The normalized spacial score (nSPS) is 17.6. The Balaban J connectivity index is 1.20. The molecule has 9 nitrogen and oxygen atoms in total. The molecule has 2 fully saturated rings. The van der Waals surface area contributed by atoms with Gasteiger partial charge in [-0.15, -0.1) is 5.10 Å². The number of nitrogens with zero attached hydrogens (tertiary/aromatic N) is 6. The maximum atomic E-state index is 12.7. The number of piperidine rings is 1. The van der Waals surface area contributed by atoms with Crippen molar-refractivity contribution in [3.05, 3.63) is 59.8 Å². The molecule has 2 aliphatic heterocycles. The van der Waals surface area contributed by atoms with E-state index >= 15 is 0 Å². The Bertz CT molecular complexity index is 1350. The molecule has 36 heavy (non-hydrogen) atoms. The lowest BCUT2D eigenvalue weighted by atomic mass is 9.90. The zero-order valence-electron chi connectivity index (χ0n) is 20.6. The van der Waals surface area contributed by atoms with Gasteiger partial charge in [-0.1, -0.05) is 11.3 Å². The monoisotopic (exact) mass is 485 g/mol. The molecular weight excluding hydrogens is 454 g/mol. The quantitative estimate of drug-likeness (QED) is 0.467. The zero-order valence-corrected chi connectivity index (χ0v) is 20.6. The highest BCUT2D eigenvalue weighted by Gasteiger charge is 2.20. The fourth-order valence-electron chi connectivity index (χ4n) is 5.19. The summed E-state index contributed by atoms with van der Waals surface area (Å²) in [6.45, 7) is 4.79. The molecule has 186 valence electrons. The first-order valence-corrected chi connectivity index (χ1v) is 12.7. The first kappa shape index (κ1) is 22.9. The van der Waals surface area contributed by atoms with Gasteiger partial charge in [-0.25, -0.2) is 4.68 Å². The summed E-state index contributed by atoms with van der Waals surface area (Å²) in [7, 11) is 2.20. The van der Waals surface area contributed by atoms with Gasteiger partial charge in [0, 0.05) is 24.0 Å². The summed E-state index contributed by atoms with van der Waals surface area (Å²) in [6.07, 6.45) is 5.48. The van der Waals surface area contributed by atoms with Gasteiger partial charge in [0.2, 0.25) is 0 Å². The number of amides is 1. The molecule has 2 aromatic heterocycles. The first-order chi connectivity index (χ1) is 17.6. The van der Waals surface area contributed by atoms with E-state index in [1.54, 1.807) is 4.68 Å². The summed E-state index contributed by atoms with van der Waals surface area (Å²) in [4.78, 5) is 17.0. The summed E-state index contributed by atoms with van der Waals surface area (Å²) < 4.78 is 7.07. The van der Waals surface area contributed by atoms with Crippen LogP contribution in [0.15, 0.2) is 48.7 Å². The molecule has 0 atom stereocenters. The van der Waals surface area contributed by atoms with Gasteiger partial charge in [0.05, 0.1) is 30.6 Å². The second-order valence-corrected chi connectivity index (χ2v) is 9.90. The van der Waals surface area contributed by atoms with Crippen molar-refractivity contribution in [2.75, 3.05) is 46.4 Å². The van der Waals surface area contributed by atoms with E-state index in [1.807, 2.05) is 35.4 Å². The van der Waals surface area contributed by atoms with E-state index < -0.39 is 0 Å². The van der Waals surface area contributed by atoms with Crippen LogP contribution in [-0.4, -0.2) is 87.3 Å². The second kappa shape index (κ2) is 9.83. The molecule has 6 rings (SSSR count). The van der Waals surface area contributed by atoms with Crippen molar-refractivity contribution in [3.8, 4) is 17.1 Å². The van der Waals surface area contributed by atoms with E-state index in [1.165, 1.54) is 31.5 Å².